The Bertz CT molecular complexity index is 6.00. The molecule has 20 valence electrons. The molecule has 0 saturated heterocycles. The summed E-state index contributed by atoms with van der Waals surface area (Å²) in [6.07, 6.45) is 0. The minimum Gasteiger partial charge on any atom is -0.297 e. The first kappa shape index (κ1) is 8.96. The molecule has 0 aliphatic carbocycles. The van der Waals surface area contributed by atoms with E-state index in [9.17, 15) is 0 Å². The van der Waals surface area contributed by atoms with Crippen LogP contribution in [0.1, 0.15) is 6.92 Å². The molecule has 0 saturated carbocycles. The summed E-state index contributed by atoms with van der Waals surface area (Å²) in [4.78, 5) is 0. The van der Waals surface area contributed by atoms with Gasteiger partial charge in [0.2, 0.25) is 0 Å². The van der Waals surface area contributed by atoms with Crippen LogP contribution in [-0.4, -0.2) is 10.2 Å². The average molecular weight is 82.2 g/mol. The molecule has 0 unspecified atom stereocenters. The van der Waals surface area contributed by atoms with E-state index in [1.165, 1.54) is 6.04 Å². The fourth-order valence-electron chi connectivity index (χ4n) is 0. The molecular weight excluding hydrogens is 75.1 g/mol. The molecule has 0 radical (unpaired) electrons. The van der Waals surface area contributed by atoms with Crippen LogP contribution in [0.2, 0.25) is 6.04 Å². The largest absolute Gasteiger partial charge is 1.00 e. The minimum atomic E-state index is 0. The van der Waals surface area contributed by atoms with Crippen LogP contribution in [0.15, 0.2) is 0 Å². The smallest absolute Gasteiger partial charge is 0.297 e. The van der Waals surface area contributed by atoms with Gasteiger partial charge in [-0.3, -0.25) is 10.2 Å². The molecule has 0 N–H and O–H groups in total. The van der Waals surface area contributed by atoms with Gasteiger partial charge in [-0.15, -0.1) is 0 Å². The van der Waals surface area contributed by atoms with Gasteiger partial charge >= 0.3 is 29.6 Å². The van der Waals surface area contributed by atoms with Gasteiger partial charge in [-0.05, 0) is 0 Å². The van der Waals surface area contributed by atoms with E-state index in [4.69, 9.17) is 0 Å². The molecule has 0 rings (SSSR count). The molecule has 0 fully saturated rings. The first-order chi connectivity index (χ1) is 1.41. The topological polar surface area (TPSA) is 0 Å². The zero-order chi connectivity index (χ0) is 2.71. The summed E-state index contributed by atoms with van der Waals surface area (Å²) in [5.41, 5.74) is 0. The molecule has 0 aromatic rings. The molecular formula is C2H7NaSi. The molecule has 0 aromatic carbocycles. The van der Waals surface area contributed by atoms with E-state index in [0.29, 0.717) is 0 Å². The summed E-state index contributed by atoms with van der Waals surface area (Å²) < 4.78 is 0. The van der Waals surface area contributed by atoms with E-state index in [0.717, 1.165) is 0 Å². The maximum atomic E-state index is 2.14. The predicted octanol–water partition coefficient (Wildman–Crippen LogP) is -2.94. The molecule has 0 aliphatic heterocycles. The van der Waals surface area contributed by atoms with Gasteiger partial charge in [0, 0.05) is 0 Å². The minimum absolute atomic E-state index is 0. The first-order valence-electron chi connectivity index (χ1n) is 1.21. The van der Waals surface area contributed by atoms with E-state index in [1.54, 1.807) is 0 Å². The monoisotopic (exact) mass is 82.0 g/mol. The van der Waals surface area contributed by atoms with Gasteiger partial charge < -0.3 is 0 Å². The Morgan fingerprint density at radius 3 is 1.75 bits per heavy atom. The standard InChI is InChI=1S/C2H7Si.Na/c1-2-3;/h2-3H2,1H3;/q-1;+1. The van der Waals surface area contributed by atoms with E-state index in [-0.39, 0.29) is 29.6 Å². The van der Waals surface area contributed by atoms with Crippen LogP contribution < -0.4 is 29.6 Å². The van der Waals surface area contributed by atoms with Crippen molar-refractivity contribution in [3.05, 3.63) is 0 Å². The van der Waals surface area contributed by atoms with Gasteiger partial charge in [-0.1, -0.05) is 6.92 Å². The molecule has 0 aromatic heterocycles. The first-order valence-corrected chi connectivity index (χ1v) is 2.21. The molecule has 0 spiro atoms. The molecule has 0 aliphatic rings. The fourth-order valence-corrected chi connectivity index (χ4v) is 0. The van der Waals surface area contributed by atoms with Crippen LogP contribution in [-0.2, 0) is 0 Å². The van der Waals surface area contributed by atoms with E-state index < -0.39 is 0 Å². The summed E-state index contributed by atoms with van der Waals surface area (Å²) in [6, 6.07) is 1.28. The van der Waals surface area contributed by atoms with Crippen molar-refractivity contribution in [2.24, 2.45) is 0 Å². The Morgan fingerprint density at radius 1 is 1.75 bits per heavy atom. The van der Waals surface area contributed by atoms with Crippen molar-refractivity contribution >= 4 is 10.2 Å². The number of rotatable bonds is 0. The Kier molecular flexibility index (Phi) is 19.9. The van der Waals surface area contributed by atoms with Gasteiger partial charge in [0.25, 0.3) is 0 Å². The van der Waals surface area contributed by atoms with E-state index >= 15 is 0 Å². The number of hydrogen-bond donors (Lipinski definition) is 0. The van der Waals surface area contributed by atoms with Gasteiger partial charge in [0.1, 0.15) is 0 Å². The van der Waals surface area contributed by atoms with Crippen molar-refractivity contribution in [3.8, 4) is 0 Å². The van der Waals surface area contributed by atoms with Crippen molar-refractivity contribution in [1.82, 2.24) is 0 Å². The van der Waals surface area contributed by atoms with E-state index in [1.807, 2.05) is 10.2 Å². The molecule has 0 heterocycles. The second kappa shape index (κ2) is 8.88. The quantitative estimate of drug-likeness (QED) is 0.274. The molecule has 0 amide bonds. The molecule has 4 heavy (non-hydrogen) atoms. The van der Waals surface area contributed by atoms with Crippen LogP contribution in [0.25, 0.3) is 0 Å². The Hall–Kier alpha value is 1.22. The van der Waals surface area contributed by atoms with Crippen LogP contribution >= 0.6 is 0 Å². The predicted molar refractivity (Wildman–Crippen MR) is 19.0 cm³/mol. The molecule has 0 bridgehead atoms. The molecule has 0 atom stereocenters. The van der Waals surface area contributed by atoms with Gasteiger partial charge in [0.05, 0.1) is 0 Å². The van der Waals surface area contributed by atoms with Crippen LogP contribution in [0, 0.1) is 0 Å². The summed E-state index contributed by atoms with van der Waals surface area (Å²) >= 11 is 0. The van der Waals surface area contributed by atoms with Gasteiger partial charge in [0.15, 0.2) is 0 Å². The summed E-state index contributed by atoms with van der Waals surface area (Å²) in [5, 5.41) is 0. The third kappa shape index (κ3) is 10.7. The van der Waals surface area contributed by atoms with Crippen molar-refractivity contribution < 1.29 is 29.6 Å². The van der Waals surface area contributed by atoms with Crippen molar-refractivity contribution in [2.45, 2.75) is 13.0 Å². The van der Waals surface area contributed by atoms with Crippen molar-refractivity contribution in [2.75, 3.05) is 0 Å². The summed E-state index contributed by atoms with van der Waals surface area (Å²) in [7, 11) is 1.97. The van der Waals surface area contributed by atoms with Crippen molar-refractivity contribution in [1.29, 1.82) is 0 Å². The average Bonchev–Trinajstić information content (AvgIpc) is 0.918. The van der Waals surface area contributed by atoms with Crippen molar-refractivity contribution in [3.63, 3.8) is 0 Å². The molecule has 0 nitrogen and oxygen atoms in total. The second-order valence-electron chi connectivity index (χ2n) is 0.500. The summed E-state index contributed by atoms with van der Waals surface area (Å²) in [6.45, 7) is 2.14. The normalized spacial score (nSPS) is 4.50. The van der Waals surface area contributed by atoms with Crippen LogP contribution in [0.4, 0.5) is 0 Å². The fraction of sp³-hybridized carbons (Fsp3) is 1.00. The maximum absolute atomic E-state index is 2.14. The second-order valence-corrected chi connectivity index (χ2v) is 1.50. The van der Waals surface area contributed by atoms with Crippen LogP contribution in [0.3, 0.4) is 0 Å². The Morgan fingerprint density at radius 2 is 1.75 bits per heavy atom. The SMILES string of the molecule is CC[SiH2-].[Na+]. The Labute approximate surface area is 52.7 Å². The maximum Gasteiger partial charge on any atom is 1.00 e. The zero-order valence-corrected chi connectivity index (χ0v) is 6.83. The Balaban J connectivity index is 0. The van der Waals surface area contributed by atoms with Gasteiger partial charge in [-0.2, -0.15) is 6.04 Å². The third-order valence-electron chi connectivity index (χ3n) is 0. The number of hydrogen-bond acceptors (Lipinski definition) is 0. The summed E-state index contributed by atoms with van der Waals surface area (Å²) in [5.74, 6) is 0. The zero-order valence-electron chi connectivity index (χ0n) is 3.41. The van der Waals surface area contributed by atoms with Crippen LogP contribution in [0.5, 0.6) is 0 Å². The van der Waals surface area contributed by atoms with Gasteiger partial charge in [-0.25, -0.2) is 0 Å². The third-order valence-corrected chi connectivity index (χ3v) is 0. The molecule has 2 heteroatoms. The van der Waals surface area contributed by atoms with E-state index in [2.05, 4.69) is 6.92 Å².